The number of nitrogens with one attached hydrogen (secondary N) is 1. The number of nitrogens with zero attached hydrogens (tertiary/aromatic N) is 3. The number of aromatic amines is 1. The predicted octanol–water partition coefficient (Wildman–Crippen LogP) is 2.69. The summed E-state index contributed by atoms with van der Waals surface area (Å²) in [5.41, 5.74) is 1.85. The van der Waals surface area contributed by atoms with E-state index in [2.05, 4.69) is 28.9 Å². The van der Waals surface area contributed by atoms with Gasteiger partial charge in [0.15, 0.2) is 5.65 Å². The molecule has 1 N–H and O–H groups in total. The SMILES string of the molecule is Cc1nc(C)c2c(=S)[nH]n(C(C)C)c2n1. The van der Waals surface area contributed by atoms with Gasteiger partial charge in [0, 0.05) is 6.04 Å². The quantitative estimate of drug-likeness (QED) is 0.755. The molecule has 2 heterocycles. The van der Waals surface area contributed by atoms with Crippen LogP contribution in [0.1, 0.15) is 31.4 Å². The van der Waals surface area contributed by atoms with Gasteiger partial charge in [-0.15, -0.1) is 0 Å². The summed E-state index contributed by atoms with van der Waals surface area (Å²) < 4.78 is 2.70. The summed E-state index contributed by atoms with van der Waals surface area (Å²) in [6.45, 7) is 8.05. The minimum absolute atomic E-state index is 0.317. The molecule has 0 fully saturated rings. The molecule has 80 valence electrons. The van der Waals surface area contributed by atoms with Crippen molar-refractivity contribution >= 4 is 23.3 Å². The molecule has 5 heteroatoms. The van der Waals surface area contributed by atoms with Crippen molar-refractivity contribution in [2.45, 2.75) is 33.7 Å². The van der Waals surface area contributed by atoms with Crippen LogP contribution in [0.15, 0.2) is 0 Å². The maximum Gasteiger partial charge on any atom is 0.161 e. The van der Waals surface area contributed by atoms with Gasteiger partial charge in [0.25, 0.3) is 0 Å². The molecule has 15 heavy (non-hydrogen) atoms. The van der Waals surface area contributed by atoms with E-state index < -0.39 is 0 Å². The second-order valence-electron chi connectivity index (χ2n) is 3.96. The molecular formula is C10H14N4S. The fourth-order valence-corrected chi connectivity index (χ4v) is 2.06. The molecule has 2 aromatic heterocycles. The number of rotatable bonds is 1. The van der Waals surface area contributed by atoms with Crippen molar-refractivity contribution in [3.05, 3.63) is 16.2 Å². The van der Waals surface area contributed by atoms with Crippen LogP contribution in [0.25, 0.3) is 11.0 Å². The van der Waals surface area contributed by atoms with Gasteiger partial charge in [-0.3, -0.25) is 9.78 Å². The zero-order chi connectivity index (χ0) is 11.2. The molecule has 0 atom stereocenters. The van der Waals surface area contributed by atoms with E-state index in [0.717, 1.165) is 27.2 Å². The first-order valence-electron chi connectivity index (χ1n) is 4.96. The third-order valence-electron chi connectivity index (χ3n) is 2.38. The Morgan fingerprint density at radius 3 is 2.53 bits per heavy atom. The molecule has 2 aromatic rings. The van der Waals surface area contributed by atoms with E-state index in [4.69, 9.17) is 12.2 Å². The molecular weight excluding hydrogens is 208 g/mol. The van der Waals surface area contributed by atoms with E-state index in [1.807, 2.05) is 18.5 Å². The predicted molar refractivity (Wildman–Crippen MR) is 62.6 cm³/mol. The highest BCUT2D eigenvalue weighted by molar-refractivity contribution is 7.71. The monoisotopic (exact) mass is 222 g/mol. The maximum absolute atomic E-state index is 5.27. The van der Waals surface area contributed by atoms with Crippen molar-refractivity contribution < 1.29 is 0 Å². The molecule has 0 unspecified atom stereocenters. The van der Waals surface area contributed by atoms with Crippen LogP contribution in [0.4, 0.5) is 0 Å². The number of fused-ring (bicyclic) bond motifs is 1. The van der Waals surface area contributed by atoms with Gasteiger partial charge in [-0.2, -0.15) is 0 Å². The van der Waals surface area contributed by atoms with Crippen LogP contribution in [-0.4, -0.2) is 19.7 Å². The van der Waals surface area contributed by atoms with Crippen LogP contribution in [0, 0.1) is 18.5 Å². The van der Waals surface area contributed by atoms with E-state index in [1.54, 1.807) is 0 Å². The minimum Gasteiger partial charge on any atom is -0.286 e. The molecule has 0 saturated carbocycles. The Balaban J connectivity index is 2.93. The molecule has 0 spiro atoms. The van der Waals surface area contributed by atoms with Crippen molar-refractivity contribution in [3.63, 3.8) is 0 Å². The van der Waals surface area contributed by atoms with E-state index >= 15 is 0 Å². The van der Waals surface area contributed by atoms with Gasteiger partial charge in [0.1, 0.15) is 10.5 Å². The lowest BCUT2D eigenvalue weighted by atomic mass is 10.3. The van der Waals surface area contributed by atoms with Gasteiger partial charge in [0.2, 0.25) is 0 Å². The van der Waals surface area contributed by atoms with Gasteiger partial charge in [-0.25, -0.2) is 9.97 Å². The Bertz CT molecular complexity index is 565. The Hall–Kier alpha value is -1.23. The van der Waals surface area contributed by atoms with Crippen LogP contribution >= 0.6 is 12.2 Å². The molecule has 0 aliphatic heterocycles. The van der Waals surface area contributed by atoms with Gasteiger partial charge < -0.3 is 0 Å². The normalized spacial score (nSPS) is 11.5. The topological polar surface area (TPSA) is 46.5 Å². The van der Waals surface area contributed by atoms with E-state index in [-0.39, 0.29) is 0 Å². The van der Waals surface area contributed by atoms with Crippen molar-refractivity contribution in [1.29, 1.82) is 0 Å². The van der Waals surface area contributed by atoms with E-state index in [0.29, 0.717) is 6.04 Å². The number of hydrogen-bond donors (Lipinski definition) is 1. The number of aryl methyl sites for hydroxylation is 2. The standard InChI is InChI=1S/C10H14N4S/c1-5(2)14-9-8(10(15)13-14)6(3)11-7(4)12-9/h5H,1-4H3,(H,13,15). The van der Waals surface area contributed by atoms with Crippen LogP contribution in [0.3, 0.4) is 0 Å². The fourth-order valence-electron chi connectivity index (χ4n) is 1.73. The number of aromatic nitrogens is 4. The number of hydrogen-bond acceptors (Lipinski definition) is 3. The van der Waals surface area contributed by atoms with Gasteiger partial charge in [-0.1, -0.05) is 12.2 Å². The summed E-state index contributed by atoms with van der Waals surface area (Å²) >= 11 is 5.27. The minimum atomic E-state index is 0.317. The molecule has 2 rings (SSSR count). The molecule has 0 saturated heterocycles. The van der Waals surface area contributed by atoms with Crippen LogP contribution < -0.4 is 0 Å². The highest BCUT2D eigenvalue weighted by Gasteiger charge is 2.11. The molecule has 0 amide bonds. The Labute approximate surface area is 93.3 Å². The molecule has 0 aliphatic carbocycles. The summed E-state index contributed by atoms with van der Waals surface area (Å²) in [6.07, 6.45) is 0. The fraction of sp³-hybridized carbons (Fsp3) is 0.500. The molecule has 0 aromatic carbocycles. The highest BCUT2D eigenvalue weighted by atomic mass is 32.1. The summed E-state index contributed by atoms with van der Waals surface area (Å²) in [6, 6.07) is 0.317. The summed E-state index contributed by atoms with van der Waals surface area (Å²) in [5.74, 6) is 0.781. The van der Waals surface area contributed by atoms with Crippen LogP contribution in [0.2, 0.25) is 0 Å². The second kappa shape index (κ2) is 3.41. The van der Waals surface area contributed by atoms with Crippen molar-refractivity contribution in [1.82, 2.24) is 19.7 Å². The highest BCUT2D eigenvalue weighted by Crippen LogP contribution is 2.19. The lowest BCUT2D eigenvalue weighted by molar-refractivity contribution is 0.544. The van der Waals surface area contributed by atoms with Gasteiger partial charge in [0.05, 0.1) is 11.1 Å². The van der Waals surface area contributed by atoms with Crippen molar-refractivity contribution in [3.8, 4) is 0 Å². The van der Waals surface area contributed by atoms with Gasteiger partial charge >= 0.3 is 0 Å². The average Bonchev–Trinajstić information content (AvgIpc) is 2.42. The van der Waals surface area contributed by atoms with Crippen molar-refractivity contribution in [2.75, 3.05) is 0 Å². The first kappa shape index (κ1) is 10.3. The molecule has 0 bridgehead atoms. The zero-order valence-corrected chi connectivity index (χ0v) is 10.1. The van der Waals surface area contributed by atoms with E-state index in [9.17, 15) is 0 Å². The first-order valence-corrected chi connectivity index (χ1v) is 5.37. The second-order valence-corrected chi connectivity index (χ2v) is 4.37. The molecule has 0 radical (unpaired) electrons. The summed E-state index contributed by atoms with van der Waals surface area (Å²) in [5, 5.41) is 4.11. The largest absolute Gasteiger partial charge is 0.286 e. The Kier molecular flexibility index (Phi) is 2.34. The molecule has 0 aliphatic rings. The van der Waals surface area contributed by atoms with Gasteiger partial charge in [-0.05, 0) is 27.7 Å². The smallest absolute Gasteiger partial charge is 0.161 e. The average molecular weight is 222 g/mol. The molecule has 4 nitrogen and oxygen atoms in total. The lowest BCUT2D eigenvalue weighted by Crippen LogP contribution is -2.04. The zero-order valence-electron chi connectivity index (χ0n) is 9.33. The van der Waals surface area contributed by atoms with Crippen LogP contribution in [0.5, 0.6) is 0 Å². The third-order valence-corrected chi connectivity index (χ3v) is 2.67. The lowest BCUT2D eigenvalue weighted by Gasteiger charge is -2.07. The summed E-state index contributed by atoms with van der Waals surface area (Å²) in [7, 11) is 0. The Morgan fingerprint density at radius 1 is 1.27 bits per heavy atom. The van der Waals surface area contributed by atoms with Crippen molar-refractivity contribution in [2.24, 2.45) is 0 Å². The number of H-pyrrole nitrogens is 1. The third kappa shape index (κ3) is 1.56. The maximum atomic E-state index is 5.27. The van der Waals surface area contributed by atoms with Crippen LogP contribution in [-0.2, 0) is 0 Å². The Morgan fingerprint density at radius 2 is 1.93 bits per heavy atom. The summed E-state index contributed by atoms with van der Waals surface area (Å²) in [4.78, 5) is 8.76. The first-order chi connectivity index (χ1) is 7.00. The van der Waals surface area contributed by atoms with E-state index in [1.165, 1.54) is 0 Å².